The van der Waals surface area contributed by atoms with Gasteiger partial charge < -0.3 is 14.2 Å². The highest BCUT2D eigenvalue weighted by atomic mass is 35.5. The number of nitrogens with zero attached hydrogens (tertiary/aromatic N) is 4. The lowest BCUT2D eigenvalue weighted by molar-refractivity contribution is 0.415. The molecule has 0 spiro atoms. The van der Waals surface area contributed by atoms with Crippen LogP contribution in [0.1, 0.15) is 6.92 Å². The summed E-state index contributed by atoms with van der Waals surface area (Å²) in [5.41, 5.74) is 0.708. The topological polar surface area (TPSA) is 85.2 Å². The summed E-state index contributed by atoms with van der Waals surface area (Å²) in [6.45, 7) is 3.47. The van der Waals surface area contributed by atoms with Crippen molar-refractivity contribution in [3.05, 3.63) is 44.1 Å². The summed E-state index contributed by atoms with van der Waals surface area (Å²) in [6.07, 6.45) is 0. The van der Waals surface area contributed by atoms with Crippen LogP contribution in [-0.4, -0.2) is 32.8 Å². The number of halogens is 1. The van der Waals surface area contributed by atoms with Crippen molar-refractivity contribution in [1.82, 2.24) is 19.1 Å². The van der Waals surface area contributed by atoms with E-state index >= 15 is 0 Å². The van der Waals surface area contributed by atoms with Crippen LogP contribution in [0.4, 0.5) is 11.6 Å². The number of methoxy groups -OCH3 is 1. The van der Waals surface area contributed by atoms with Gasteiger partial charge in [-0.25, -0.2) is 4.79 Å². The van der Waals surface area contributed by atoms with Gasteiger partial charge in [0.25, 0.3) is 5.56 Å². The van der Waals surface area contributed by atoms with Crippen LogP contribution in [0, 0.1) is 5.92 Å². The van der Waals surface area contributed by atoms with E-state index in [1.165, 1.54) is 4.57 Å². The molecule has 0 bridgehead atoms. The lowest BCUT2D eigenvalue weighted by atomic mass is 10.1. The fourth-order valence-electron chi connectivity index (χ4n) is 3.41. The van der Waals surface area contributed by atoms with Gasteiger partial charge in [-0.05, 0) is 24.1 Å². The molecular weight excluding hydrogens is 358 g/mol. The standard InChI is InChI=1S/C17H18ClN5O3/c1-9-7-22(10-4-5-12(26-3)11(18)6-10)16-19-14-13(23(16)8-9)15(24)20-17(25)21(14)2/h4-6,9H,7-8H2,1-3H3,(H,20,24,25)/t9-/m0/s1. The van der Waals surface area contributed by atoms with Gasteiger partial charge in [0, 0.05) is 25.8 Å². The number of fused-ring (bicyclic) bond motifs is 3. The zero-order valence-corrected chi connectivity index (χ0v) is 15.4. The van der Waals surface area contributed by atoms with Gasteiger partial charge in [0.15, 0.2) is 11.2 Å². The molecule has 0 amide bonds. The highest BCUT2D eigenvalue weighted by Crippen LogP contribution is 2.36. The number of aryl methyl sites for hydroxylation is 1. The van der Waals surface area contributed by atoms with Crippen LogP contribution >= 0.6 is 11.6 Å². The van der Waals surface area contributed by atoms with Crippen LogP contribution in [0.15, 0.2) is 27.8 Å². The smallest absolute Gasteiger partial charge is 0.329 e. The van der Waals surface area contributed by atoms with Gasteiger partial charge >= 0.3 is 5.69 Å². The quantitative estimate of drug-likeness (QED) is 0.739. The van der Waals surface area contributed by atoms with Crippen LogP contribution in [0.25, 0.3) is 11.2 Å². The molecule has 0 saturated heterocycles. The van der Waals surface area contributed by atoms with Crippen molar-refractivity contribution >= 4 is 34.4 Å². The van der Waals surface area contributed by atoms with Crippen molar-refractivity contribution in [2.75, 3.05) is 18.6 Å². The number of hydrogen-bond donors (Lipinski definition) is 1. The Morgan fingerprint density at radius 3 is 2.77 bits per heavy atom. The van der Waals surface area contributed by atoms with E-state index in [4.69, 9.17) is 16.3 Å². The lowest BCUT2D eigenvalue weighted by Crippen LogP contribution is -2.35. The highest BCUT2D eigenvalue weighted by Gasteiger charge is 2.29. The Hall–Kier alpha value is -2.74. The molecule has 0 radical (unpaired) electrons. The second kappa shape index (κ2) is 5.91. The first kappa shape index (κ1) is 16.7. The number of ether oxygens (including phenoxy) is 1. The number of aromatic amines is 1. The van der Waals surface area contributed by atoms with E-state index in [1.807, 2.05) is 21.6 Å². The van der Waals surface area contributed by atoms with Crippen molar-refractivity contribution in [1.29, 1.82) is 0 Å². The first-order valence-electron chi connectivity index (χ1n) is 8.21. The molecule has 0 saturated carbocycles. The second-order valence-corrected chi connectivity index (χ2v) is 6.95. The summed E-state index contributed by atoms with van der Waals surface area (Å²) in [5.74, 6) is 1.48. The fourth-order valence-corrected chi connectivity index (χ4v) is 3.66. The van der Waals surface area contributed by atoms with Crippen LogP contribution in [0.2, 0.25) is 5.02 Å². The van der Waals surface area contributed by atoms with E-state index in [1.54, 1.807) is 20.2 Å². The monoisotopic (exact) mass is 375 g/mol. The van der Waals surface area contributed by atoms with E-state index in [0.717, 1.165) is 12.2 Å². The van der Waals surface area contributed by atoms with E-state index < -0.39 is 11.2 Å². The Kier molecular flexibility index (Phi) is 3.80. The number of rotatable bonds is 2. The lowest BCUT2D eigenvalue weighted by Gasteiger charge is -2.33. The Labute approximate surface area is 153 Å². The molecule has 1 aliphatic rings. The summed E-state index contributed by atoms with van der Waals surface area (Å²) in [6, 6.07) is 5.51. The van der Waals surface area contributed by atoms with Crippen molar-refractivity contribution in [2.45, 2.75) is 13.5 Å². The van der Waals surface area contributed by atoms with Gasteiger partial charge in [-0.15, -0.1) is 0 Å². The predicted octanol–water partition coefficient (Wildman–Crippen LogP) is 1.87. The van der Waals surface area contributed by atoms with Crippen molar-refractivity contribution < 1.29 is 4.74 Å². The van der Waals surface area contributed by atoms with E-state index in [2.05, 4.69) is 16.9 Å². The number of H-pyrrole nitrogens is 1. The molecular formula is C17H18ClN5O3. The number of benzene rings is 1. The summed E-state index contributed by atoms with van der Waals surface area (Å²) in [5, 5.41) is 0.496. The molecule has 9 heteroatoms. The SMILES string of the molecule is COc1ccc(N2C[C@H](C)Cn3c2nc2c3c(=O)[nH]c(=O)n2C)cc1Cl. The molecule has 26 heavy (non-hydrogen) atoms. The van der Waals surface area contributed by atoms with Crippen LogP contribution in [0.5, 0.6) is 5.75 Å². The van der Waals surface area contributed by atoms with Crippen LogP contribution in [-0.2, 0) is 13.6 Å². The average molecular weight is 376 g/mol. The summed E-state index contributed by atoms with van der Waals surface area (Å²) < 4.78 is 8.43. The highest BCUT2D eigenvalue weighted by molar-refractivity contribution is 6.32. The third-order valence-electron chi connectivity index (χ3n) is 4.66. The maximum atomic E-state index is 12.4. The Balaban J connectivity index is 1.96. The van der Waals surface area contributed by atoms with Gasteiger partial charge in [0.2, 0.25) is 5.95 Å². The van der Waals surface area contributed by atoms with Gasteiger partial charge in [-0.2, -0.15) is 4.98 Å². The molecule has 4 rings (SSSR count). The Morgan fingerprint density at radius 2 is 2.08 bits per heavy atom. The van der Waals surface area contributed by atoms with Gasteiger partial charge in [-0.3, -0.25) is 14.3 Å². The first-order chi connectivity index (χ1) is 12.4. The van der Waals surface area contributed by atoms with E-state index in [0.29, 0.717) is 34.4 Å². The largest absolute Gasteiger partial charge is 0.495 e. The van der Waals surface area contributed by atoms with E-state index in [-0.39, 0.29) is 5.92 Å². The number of aromatic nitrogens is 4. The number of nitrogens with one attached hydrogen (secondary N) is 1. The molecule has 1 aromatic carbocycles. The number of imidazole rings is 1. The minimum absolute atomic E-state index is 0.275. The Morgan fingerprint density at radius 1 is 1.31 bits per heavy atom. The summed E-state index contributed by atoms with van der Waals surface area (Å²) >= 11 is 6.28. The number of anilines is 2. The average Bonchev–Trinajstić information content (AvgIpc) is 2.99. The molecule has 8 nitrogen and oxygen atoms in total. The molecule has 1 N–H and O–H groups in total. The van der Waals surface area contributed by atoms with Crippen LogP contribution in [0.3, 0.4) is 0 Å². The van der Waals surface area contributed by atoms with Crippen molar-refractivity contribution in [3.8, 4) is 5.75 Å². The van der Waals surface area contributed by atoms with Gasteiger partial charge in [0.05, 0.1) is 12.1 Å². The molecule has 0 aliphatic carbocycles. The van der Waals surface area contributed by atoms with Crippen molar-refractivity contribution in [3.63, 3.8) is 0 Å². The third kappa shape index (κ3) is 2.40. The summed E-state index contributed by atoms with van der Waals surface area (Å²) in [7, 11) is 3.16. The van der Waals surface area contributed by atoms with Crippen molar-refractivity contribution in [2.24, 2.45) is 13.0 Å². The minimum atomic E-state index is -0.481. The number of hydrogen-bond acceptors (Lipinski definition) is 5. The zero-order valence-electron chi connectivity index (χ0n) is 14.6. The zero-order chi connectivity index (χ0) is 18.6. The molecule has 0 fully saturated rings. The second-order valence-electron chi connectivity index (χ2n) is 6.55. The van der Waals surface area contributed by atoms with Gasteiger partial charge in [0.1, 0.15) is 5.75 Å². The fraction of sp³-hybridized carbons (Fsp3) is 0.353. The third-order valence-corrected chi connectivity index (χ3v) is 4.96. The molecule has 2 aromatic heterocycles. The molecule has 136 valence electrons. The molecule has 3 heterocycles. The molecule has 1 atom stereocenters. The molecule has 3 aromatic rings. The predicted molar refractivity (Wildman–Crippen MR) is 99.8 cm³/mol. The van der Waals surface area contributed by atoms with E-state index in [9.17, 15) is 9.59 Å². The summed E-state index contributed by atoms with van der Waals surface area (Å²) in [4.78, 5) is 33.2. The Bertz CT molecular complexity index is 1130. The maximum Gasteiger partial charge on any atom is 0.329 e. The van der Waals surface area contributed by atoms with Crippen LogP contribution < -0.4 is 20.9 Å². The first-order valence-corrected chi connectivity index (χ1v) is 8.59. The normalized spacial score (nSPS) is 16.8. The minimum Gasteiger partial charge on any atom is -0.495 e. The molecule has 0 unspecified atom stereocenters. The van der Waals surface area contributed by atoms with Gasteiger partial charge in [-0.1, -0.05) is 18.5 Å². The molecule has 1 aliphatic heterocycles. The maximum absolute atomic E-state index is 12.4.